The normalized spacial score (nSPS) is 15.6. The number of hydrogen-bond acceptors (Lipinski definition) is 5. The number of hydrogen-bond donors (Lipinski definition) is 1. The lowest BCUT2D eigenvalue weighted by Gasteiger charge is -2.26. The lowest BCUT2D eigenvalue weighted by molar-refractivity contribution is -0.137. The molecule has 0 aliphatic carbocycles. The summed E-state index contributed by atoms with van der Waals surface area (Å²) in [6.07, 6.45) is -2.91. The molecule has 0 radical (unpaired) electrons. The number of carbonyl (C=O) groups excluding carboxylic acids is 1. The predicted octanol–water partition coefficient (Wildman–Crippen LogP) is 5.45. The van der Waals surface area contributed by atoms with Crippen LogP contribution in [0.4, 0.5) is 24.5 Å². The van der Waals surface area contributed by atoms with Crippen LogP contribution in [0.1, 0.15) is 15.9 Å². The minimum atomic E-state index is -4.57. The zero-order valence-electron chi connectivity index (χ0n) is 21.2. The number of alkyl halides is 3. The number of benzene rings is 3. The van der Waals surface area contributed by atoms with E-state index in [1.54, 1.807) is 66.5 Å². The number of amides is 1. The quantitative estimate of drug-likeness (QED) is 0.340. The molecule has 0 bridgehead atoms. The van der Waals surface area contributed by atoms with Crippen molar-refractivity contribution in [3.63, 3.8) is 0 Å². The van der Waals surface area contributed by atoms with E-state index in [4.69, 9.17) is 9.47 Å². The Balaban J connectivity index is 1.56. The summed E-state index contributed by atoms with van der Waals surface area (Å²) in [6, 6.07) is 20.4. The first-order valence-electron chi connectivity index (χ1n) is 12.4. The molecule has 39 heavy (non-hydrogen) atoms. The van der Waals surface area contributed by atoms with Crippen molar-refractivity contribution in [3.05, 3.63) is 96.2 Å². The van der Waals surface area contributed by atoms with Crippen molar-refractivity contribution in [1.82, 2.24) is 15.1 Å². The van der Waals surface area contributed by atoms with Gasteiger partial charge in [0, 0.05) is 36.6 Å². The molecular weight excluding hydrogens is 509 g/mol. The number of halogens is 3. The molecular formula is C29H27F3N4O3. The van der Waals surface area contributed by atoms with Gasteiger partial charge < -0.3 is 14.8 Å². The number of carbonyl (C=O) groups is 1. The minimum Gasteiger partial charge on any atom is -0.491 e. The molecule has 1 amide bonds. The summed E-state index contributed by atoms with van der Waals surface area (Å²) in [5.41, 5.74) is 1.43. The first kappa shape index (κ1) is 26.5. The van der Waals surface area contributed by atoms with Crippen LogP contribution in [0.25, 0.3) is 11.3 Å². The summed E-state index contributed by atoms with van der Waals surface area (Å²) in [5.74, 6) is -0.0188. The van der Waals surface area contributed by atoms with Gasteiger partial charge in [-0.25, -0.2) is 0 Å². The average Bonchev–Trinajstić information content (AvgIpc) is 3.38. The van der Waals surface area contributed by atoms with E-state index in [1.807, 2.05) is 6.07 Å². The van der Waals surface area contributed by atoms with E-state index in [2.05, 4.69) is 10.4 Å². The number of aryl methyl sites for hydroxylation is 1. The molecule has 7 nitrogen and oxygen atoms in total. The largest absolute Gasteiger partial charge is 0.491 e. The fourth-order valence-electron chi connectivity index (χ4n) is 4.46. The highest BCUT2D eigenvalue weighted by Gasteiger charge is 2.32. The van der Waals surface area contributed by atoms with Crippen LogP contribution in [0, 0.1) is 0 Å². The van der Waals surface area contributed by atoms with Crippen LogP contribution in [-0.4, -0.2) is 48.1 Å². The molecule has 1 atom stereocenters. The second-order valence-electron chi connectivity index (χ2n) is 9.11. The molecule has 0 saturated carbocycles. The fourth-order valence-corrected chi connectivity index (χ4v) is 4.46. The number of anilines is 2. The Morgan fingerprint density at radius 2 is 1.90 bits per heavy atom. The van der Waals surface area contributed by atoms with Gasteiger partial charge in [-0.05, 0) is 54.6 Å². The molecule has 1 saturated heterocycles. The maximum absolute atomic E-state index is 13.8. The SMILES string of the molecule is Cn1nccc1-c1cc(N(C(=O)c2cccc(C(F)(F)F)c2)c2ccccc2)ccc1OC[C@H]1COCCN1. The minimum absolute atomic E-state index is 0.0288. The van der Waals surface area contributed by atoms with Crippen molar-refractivity contribution in [3.8, 4) is 17.0 Å². The first-order chi connectivity index (χ1) is 18.8. The maximum Gasteiger partial charge on any atom is 0.416 e. The van der Waals surface area contributed by atoms with Gasteiger partial charge in [0.25, 0.3) is 5.91 Å². The number of para-hydroxylation sites is 1. The van der Waals surface area contributed by atoms with Gasteiger partial charge in [-0.1, -0.05) is 24.3 Å². The van der Waals surface area contributed by atoms with Crippen LogP contribution < -0.4 is 15.0 Å². The van der Waals surface area contributed by atoms with Gasteiger partial charge >= 0.3 is 6.18 Å². The smallest absolute Gasteiger partial charge is 0.416 e. The van der Waals surface area contributed by atoms with Gasteiger partial charge in [0.1, 0.15) is 12.4 Å². The maximum atomic E-state index is 13.8. The highest BCUT2D eigenvalue weighted by molar-refractivity contribution is 6.11. The second kappa shape index (κ2) is 11.3. The number of morpholine rings is 1. The Hall–Kier alpha value is -4.15. The van der Waals surface area contributed by atoms with E-state index in [0.29, 0.717) is 42.5 Å². The van der Waals surface area contributed by atoms with Crippen molar-refractivity contribution in [1.29, 1.82) is 0 Å². The summed E-state index contributed by atoms with van der Waals surface area (Å²) in [5, 5.41) is 7.63. The number of nitrogens with one attached hydrogen (secondary N) is 1. The lowest BCUT2D eigenvalue weighted by Crippen LogP contribution is -2.44. The molecule has 5 rings (SSSR count). The second-order valence-corrected chi connectivity index (χ2v) is 9.11. The van der Waals surface area contributed by atoms with Crippen LogP contribution >= 0.6 is 0 Å². The Morgan fingerprint density at radius 3 is 2.59 bits per heavy atom. The molecule has 4 aromatic rings. The number of ether oxygens (including phenoxy) is 2. The van der Waals surface area contributed by atoms with Crippen molar-refractivity contribution in [2.75, 3.05) is 31.3 Å². The third-order valence-corrected chi connectivity index (χ3v) is 6.41. The van der Waals surface area contributed by atoms with Gasteiger partial charge in [-0.2, -0.15) is 18.3 Å². The fraction of sp³-hybridized carbons (Fsp3) is 0.241. The highest BCUT2D eigenvalue weighted by atomic mass is 19.4. The van der Waals surface area contributed by atoms with Crippen LogP contribution in [0.5, 0.6) is 5.75 Å². The summed E-state index contributed by atoms with van der Waals surface area (Å²) in [7, 11) is 1.80. The Morgan fingerprint density at radius 1 is 1.08 bits per heavy atom. The van der Waals surface area contributed by atoms with Crippen molar-refractivity contribution in [2.45, 2.75) is 12.2 Å². The first-order valence-corrected chi connectivity index (χ1v) is 12.4. The average molecular weight is 537 g/mol. The Kier molecular flexibility index (Phi) is 7.67. The summed E-state index contributed by atoms with van der Waals surface area (Å²) < 4.78 is 53.6. The molecule has 0 unspecified atom stereocenters. The highest BCUT2D eigenvalue weighted by Crippen LogP contribution is 2.37. The lowest BCUT2D eigenvalue weighted by atomic mass is 10.1. The van der Waals surface area contributed by atoms with E-state index in [0.717, 1.165) is 24.4 Å². The topological polar surface area (TPSA) is 68.6 Å². The molecule has 1 fully saturated rings. The molecule has 202 valence electrons. The molecule has 10 heteroatoms. The third kappa shape index (κ3) is 5.97. The molecule has 0 spiro atoms. The molecule has 1 aromatic heterocycles. The van der Waals surface area contributed by atoms with Crippen molar-refractivity contribution >= 4 is 17.3 Å². The van der Waals surface area contributed by atoms with Gasteiger partial charge in [0.2, 0.25) is 0 Å². The van der Waals surface area contributed by atoms with Crippen molar-refractivity contribution in [2.24, 2.45) is 7.05 Å². The van der Waals surface area contributed by atoms with Crippen LogP contribution in [0.3, 0.4) is 0 Å². The van der Waals surface area contributed by atoms with Gasteiger partial charge in [0.15, 0.2) is 0 Å². The third-order valence-electron chi connectivity index (χ3n) is 6.41. The van der Waals surface area contributed by atoms with E-state index < -0.39 is 17.6 Å². The van der Waals surface area contributed by atoms with E-state index in [1.165, 1.54) is 17.0 Å². The molecule has 3 aromatic carbocycles. The van der Waals surface area contributed by atoms with E-state index >= 15 is 0 Å². The van der Waals surface area contributed by atoms with Crippen LogP contribution in [-0.2, 0) is 18.0 Å². The molecule has 2 heterocycles. The molecule has 1 aliphatic rings. The standard InChI is InChI=1S/C29H27F3N4O3/c1-35-26(12-13-34-35)25-17-24(10-11-27(25)39-19-22-18-38-15-14-33-22)36(23-8-3-2-4-9-23)28(37)20-6-5-7-21(16-20)29(30,31)32/h2-13,16-17,22,33H,14-15,18-19H2,1H3/t22-/m1/s1. The molecule has 1 N–H and O–H groups in total. The summed E-state index contributed by atoms with van der Waals surface area (Å²) in [4.78, 5) is 15.2. The number of aromatic nitrogens is 2. The van der Waals surface area contributed by atoms with Crippen molar-refractivity contribution < 1.29 is 27.4 Å². The zero-order chi connectivity index (χ0) is 27.4. The number of rotatable bonds is 7. The zero-order valence-corrected chi connectivity index (χ0v) is 21.2. The van der Waals surface area contributed by atoms with E-state index in [-0.39, 0.29) is 11.6 Å². The summed E-state index contributed by atoms with van der Waals surface area (Å²) >= 11 is 0. The van der Waals surface area contributed by atoms with Crippen LogP contribution in [0.15, 0.2) is 85.1 Å². The van der Waals surface area contributed by atoms with Gasteiger partial charge in [-0.15, -0.1) is 0 Å². The predicted molar refractivity (Wildman–Crippen MR) is 141 cm³/mol. The van der Waals surface area contributed by atoms with Gasteiger partial charge in [0.05, 0.1) is 36.2 Å². The molecule has 1 aliphatic heterocycles. The monoisotopic (exact) mass is 536 g/mol. The Labute approximate surface area is 223 Å². The Bertz CT molecular complexity index is 1430. The van der Waals surface area contributed by atoms with Gasteiger partial charge in [-0.3, -0.25) is 14.4 Å². The van der Waals surface area contributed by atoms with E-state index in [9.17, 15) is 18.0 Å². The number of nitrogens with zero attached hydrogens (tertiary/aromatic N) is 3. The summed E-state index contributed by atoms with van der Waals surface area (Å²) in [6.45, 7) is 2.30. The van der Waals surface area contributed by atoms with Crippen LogP contribution in [0.2, 0.25) is 0 Å².